The summed E-state index contributed by atoms with van der Waals surface area (Å²) in [7, 11) is 0. The summed E-state index contributed by atoms with van der Waals surface area (Å²) in [5, 5.41) is 3.09. The molecule has 1 aliphatic heterocycles. The highest BCUT2D eigenvalue weighted by Gasteiger charge is 2.51. The molecule has 1 saturated heterocycles. The Bertz CT molecular complexity index is 383. The third kappa shape index (κ3) is 3.33. The van der Waals surface area contributed by atoms with Gasteiger partial charge in [-0.1, -0.05) is 26.7 Å². The molecular formula is C14H22F4N2O. The lowest BCUT2D eigenvalue weighted by atomic mass is 10.0. The Hall–Kier alpha value is -0.850. The Balaban J connectivity index is 2.18. The minimum Gasteiger partial charge on any atom is -0.319 e. The second-order valence-electron chi connectivity index (χ2n) is 6.41. The van der Waals surface area contributed by atoms with Gasteiger partial charge in [-0.3, -0.25) is 10.1 Å². The number of halogens is 4. The number of nitrogens with zero attached hydrogens (tertiary/aromatic N) is 1. The van der Waals surface area contributed by atoms with E-state index in [-0.39, 0.29) is 11.8 Å². The maximum atomic E-state index is 13.4. The molecule has 3 nitrogen and oxygen atoms in total. The molecule has 1 N–H and O–H groups in total. The normalized spacial score (nSPS) is 28.4. The molecule has 122 valence electrons. The summed E-state index contributed by atoms with van der Waals surface area (Å²) in [4.78, 5) is 13.3. The summed E-state index contributed by atoms with van der Waals surface area (Å²) in [6.45, 7) is 2.42. The van der Waals surface area contributed by atoms with Crippen molar-refractivity contribution in [1.29, 1.82) is 0 Å². The molecule has 2 aliphatic rings. The van der Waals surface area contributed by atoms with E-state index in [2.05, 4.69) is 5.32 Å². The highest BCUT2D eigenvalue weighted by atomic mass is 19.3. The molecule has 2 unspecified atom stereocenters. The molecule has 2 rings (SSSR count). The van der Waals surface area contributed by atoms with E-state index >= 15 is 0 Å². The van der Waals surface area contributed by atoms with Gasteiger partial charge in [0.15, 0.2) is 0 Å². The van der Waals surface area contributed by atoms with Crippen molar-refractivity contribution in [3.63, 3.8) is 0 Å². The largest absolute Gasteiger partial charge is 0.324 e. The standard InChI is InChI=1S/C14H22F4N2O/c1-8(2)10-12(21)20(7-14(17,18)13(15)16)11(19-10)9-5-3-4-6-9/h8-11,13,19H,3-7H2,1-2H3. The van der Waals surface area contributed by atoms with Crippen LogP contribution in [0.5, 0.6) is 0 Å². The lowest BCUT2D eigenvalue weighted by molar-refractivity contribution is -0.158. The van der Waals surface area contributed by atoms with Crippen LogP contribution in [0.15, 0.2) is 0 Å². The van der Waals surface area contributed by atoms with Crippen LogP contribution in [0, 0.1) is 11.8 Å². The van der Waals surface area contributed by atoms with Crippen molar-refractivity contribution in [2.45, 2.75) is 64.1 Å². The van der Waals surface area contributed by atoms with Gasteiger partial charge in [0.25, 0.3) is 0 Å². The zero-order chi connectivity index (χ0) is 15.8. The van der Waals surface area contributed by atoms with Gasteiger partial charge in [0.2, 0.25) is 5.91 Å². The van der Waals surface area contributed by atoms with Crippen molar-refractivity contribution in [2.24, 2.45) is 11.8 Å². The maximum absolute atomic E-state index is 13.4. The monoisotopic (exact) mass is 310 g/mol. The van der Waals surface area contributed by atoms with Crippen molar-refractivity contribution in [1.82, 2.24) is 10.2 Å². The number of rotatable bonds is 5. The van der Waals surface area contributed by atoms with E-state index in [0.717, 1.165) is 30.6 Å². The summed E-state index contributed by atoms with van der Waals surface area (Å²) in [6, 6.07) is -0.566. The molecule has 1 amide bonds. The first-order chi connectivity index (χ1) is 9.74. The fraction of sp³-hybridized carbons (Fsp3) is 0.929. The number of hydrogen-bond acceptors (Lipinski definition) is 2. The molecule has 0 spiro atoms. The Morgan fingerprint density at radius 2 is 1.86 bits per heavy atom. The Kier molecular flexibility index (Phi) is 4.80. The predicted octanol–water partition coefficient (Wildman–Crippen LogP) is 2.86. The number of carbonyl (C=O) groups is 1. The van der Waals surface area contributed by atoms with Gasteiger partial charge in [-0.25, -0.2) is 8.78 Å². The SMILES string of the molecule is CC(C)C1NC(C2CCCC2)N(CC(F)(F)C(F)F)C1=O. The molecule has 21 heavy (non-hydrogen) atoms. The fourth-order valence-corrected chi connectivity index (χ4v) is 3.27. The molecule has 0 aromatic heterocycles. The van der Waals surface area contributed by atoms with Crippen molar-refractivity contribution in [3.05, 3.63) is 0 Å². The van der Waals surface area contributed by atoms with Crippen LogP contribution in [0.25, 0.3) is 0 Å². The highest BCUT2D eigenvalue weighted by Crippen LogP contribution is 2.35. The van der Waals surface area contributed by atoms with Crippen LogP contribution in [-0.4, -0.2) is 41.9 Å². The topological polar surface area (TPSA) is 32.3 Å². The van der Waals surface area contributed by atoms with Gasteiger partial charge in [-0.15, -0.1) is 0 Å². The molecule has 2 atom stereocenters. The minimum absolute atomic E-state index is 0.0634. The van der Waals surface area contributed by atoms with Gasteiger partial charge in [-0.05, 0) is 24.7 Å². The molecule has 7 heteroatoms. The van der Waals surface area contributed by atoms with E-state index in [1.165, 1.54) is 0 Å². The fourth-order valence-electron chi connectivity index (χ4n) is 3.27. The lowest BCUT2D eigenvalue weighted by Gasteiger charge is -2.31. The van der Waals surface area contributed by atoms with E-state index in [0.29, 0.717) is 0 Å². The van der Waals surface area contributed by atoms with Crippen LogP contribution in [0.3, 0.4) is 0 Å². The van der Waals surface area contributed by atoms with E-state index in [9.17, 15) is 22.4 Å². The van der Waals surface area contributed by atoms with E-state index < -0.39 is 37.0 Å². The first kappa shape index (κ1) is 16.5. The first-order valence-electron chi connectivity index (χ1n) is 7.46. The summed E-state index contributed by atoms with van der Waals surface area (Å²) in [5.41, 5.74) is 0. The zero-order valence-corrected chi connectivity index (χ0v) is 12.3. The number of carbonyl (C=O) groups excluding carboxylic acids is 1. The average molecular weight is 310 g/mol. The van der Waals surface area contributed by atoms with Crippen LogP contribution >= 0.6 is 0 Å². The third-order valence-electron chi connectivity index (χ3n) is 4.45. The summed E-state index contributed by atoms with van der Waals surface area (Å²) >= 11 is 0. The lowest BCUT2D eigenvalue weighted by Crippen LogP contribution is -2.49. The molecule has 0 bridgehead atoms. The molecule has 0 aromatic rings. The van der Waals surface area contributed by atoms with Crippen LogP contribution in [0.2, 0.25) is 0 Å². The minimum atomic E-state index is -4.17. The quantitative estimate of drug-likeness (QED) is 0.792. The van der Waals surface area contributed by atoms with Crippen molar-refractivity contribution in [2.75, 3.05) is 6.54 Å². The number of alkyl halides is 4. The number of amides is 1. The number of hydrogen-bond donors (Lipinski definition) is 1. The Morgan fingerprint density at radius 3 is 2.33 bits per heavy atom. The molecule has 0 radical (unpaired) electrons. The molecule has 1 aliphatic carbocycles. The van der Waals surface area contributed by atoms with Gasteiger partial charge in [-0.2, -0.15) is 8.78 Å². The van der Waals surface area contributed by atoms with E-state index in [4.69, 9.17) is 0 Å². The van der Waals surface area contributed by atoms with E-state index in [1.807, 2.05) is 13.8 Å². The average Bonchev–Trinajstić information content (AvgIpc) is 2.98. The van der Waals surface area contributed by atoms with Gasteiger partial charge >= 0.3 is 12.3 Å². The van der Waals surface area contributed by atoms with Crippen molar-refractivity contribution >= 4 is 5.91 Å². The summed E-state index contributed by atoms with van der Waals surface area (Å²) in [5.74, 6) is -4.64. The second kappa shape index (κ2) is 6.10. The number of nitrogens with one attached hydrogen (secondary N) is 1. The maximum Gasteiger partial charge on any atom is 0.324 e. The van der Waals surface area contributed by atoms with Gasteiger partial charge in [0, 0.05) is 0 Å². The van der Waals surface area contributed by atoms with Crippen LogP contribution in [0.1, 0.15) is 39.5 Å². The van der Waals surface area contributed by atoms with Gasteiger partial charge in [0.05, 0.1) is 18.8 Å². The van der Waals surface area contributed by atoms with E-state index in [1.54, 1.807) is 0 Å². The smallest absolute Gasteiger partial charge is 0.319 e. The Morgan fingerprint density at radius 1 is 1.29 bits per heavy atom. The molecule has 1 heterocycles. The predicted molar refractivity (Wildman–Crippen MR) is 70.2 cm³/mol. The van der Waals surface area contributed by atoms with Gasteiger partial charge < -0.3 is 4.90 Å². The van der Waals surface area contributed by atoms with Gasteiger partial charge in [0.1, 0.15) is 0 Å². The Labute approximate surface area is 122 Å². The van der Waals surface area contributed by atoms with Crippen molar-refractivity contribution < 1.29 is 22.4 Å². The summed E-state index contributed by atoms with van der Waals surface area (Å²) < 4.78 is 51.7. The molecule has 0 aromatic carbocycles. The van der Waals surface area contributed by atoms with Crippen LogP contribution in [-0.2, 0) is 4.79 Å². The molecule has 1 saturated carbocycles. The van der Waals surface area contributed by atoms with Crippen LogP contribution in [0.4, 0.5) is 17.6 Å². The third-order valence-corrected chi connectivity index (χ3v) is 4.45. The second-order valence-corrected chi connectivity index (χ2v) is 6.41. The summed E-state index contributed by atoms with van der Waals surface area (Å²) in [6.07, 6.45) is -0.645. The molecule has 2 fully saturated rings. The molecular weight excluding hydrogens is 288 g/mol. The zero-order valence-electron chi connectivity index (χ0n) is 12.3. The first-order valence-corrected chi connectivity index (χ1v) is 7.46. The highest BCUT2D eigenvalue weighted by molar-refractivity contribution is 5.84. The van der Waals surface area contributed by atoms with Crippen LogP contribution < -0.4 is 5.32 Å². The van der Waals surface area contributed by atoms with Crippen molar-refractivity contribution in [3.8, 4) is 0 Å².